The molecular weight excluding hydrogens is 704 g/mol. The minimum Gasteiger partial charge on any atom is -0.496 e. The summed E-state index contributed by atoms with van der Waals surface area (Å²) in [5.41, 5.74) is 0.418. The maximum Gasteiger partial charge on any atom is 0.339 e. The Bertz CT molecular complexity index is 1920. The van der Waals surface area contributed by atoms with Crippen LogP contribution in [0, 0.1) is 17.2 Å². The molecule has 5 rings (SSSR count). The number of halogens is 3. The van der Waals surface area contributed by atoms with E-state index in [4.69, 9.17) is 27.9 Å². The molecule has 1 N–H and O–H groups in total. The fourth-order valence-corrected chi connectivity index (χ4v) is 8.79. The fourth-order valence-electron chi connectivity index (χ4n) is 7.09. The minimum absolute atomic E-state index is 0.0425. The van der Waals surface area contributed by atoms with Gasteiger partial charge in [-0.15, -0.1) is 0 Å². The number of Topliss-reactive ketones (excluding diaryl/α,β-unsaturated/α-hetero) is 1. The van der Waals surface area contributed by atoms with Gasteiger partial charge in [0.25, 0.3) is 0 Å². The Morgan fingerprint density at radius 1 is 1.06 bits per heavy atom. The quantitative estimate of drug-likeness (QED) is 0.199. The standard InChI is InChI=1S/C38H42Cl2FNO7S/c1-37(2,3)50(47,48)21-32(23-10-11-23)42-34(25-12-14-30(40)31(41)18-25)29(24-7-6-8-26(39)17-24)20-38(4,36(42)46)19-27(43)15-22-9-13-28(35(44)45)33(16-22)49-5/h6-9,12-14,16-18,23,29,32,34H,10-11,15,19-21H2,1-5H3,(H,44,45)/t29?,32-,34-,38+/m1/s1. The van der Waals surface area contributed by atoms with Crippen LogP contribution in [0.5, 0.6) is 5.75 Å². The Morgan fingerprint density at radius 3 is 2.34 bits per heavy atom. The summed E-state index contributed by atoms with van der Waals surface area (Å²) in [6, 6.07) is 14.5. The number of hydrogen-bond acceptors (Lipinski definition) is 6. The summed E-state index contributed by atoms with van der Waals surface area (Å²) in [5.74, 6) is -3.27. The Labute approximate surface area is 302 Å². The highest BCUT2D eigenvalue weighted by Crippen LogP contribution is 2.54. The lowest BCUT2D eigenvalue weighted by molar-refractivity contribution is -0.157. The number of aromatic carboxylic acids is 1. The number of amides is 1. The number of sulfone groups is 1. The third-order valence-electron chi connectivity index (χ3n) is 10.00. The molecule has 8 nitrogen and oxygen atoms in total. The SMILES string of the molecule is COc1cc(CC(=O)C[C@@]2(C)CC(c3cccc(Cl)c3)[C@@H](c3ccc(Cl)c(F)c3)N([C@H](CS(=O)(=O)C(C)(C)C)C3CC3)C2=O)ccc1C(=O)O. The molecular formula is C38H42Cl2FNO7S. The zero-order valence-corrected chi connectivity index (χ0v) is 31.0. The number of ketones is 1. The molecule has 0 aromatic heterocycles. The van der Waals surface area contributed by atoms with Crippen molar-refractivity contribution in [1.29, 1.82) is 0 Å². The minimum atomic E-state index is -3.73. The summed E-state index contributed by atoms with van der Waals surface area (Å²) in [4.78, 5) is 42.2. The molecule has 0 radical (unpaired) electrons. The van der Waals surface area contributed by atoms with Crippen molar-refractivity contribution < 1.29 is 37.0 Å². The smallest absolute Gasteiger partial charge is 0.339 e. The van der Waals surface area contributed by atoms with Gasteiger partial charge < -0.3 is 14.7 Å². The first kappa shape index (κ1) is 37.8. The zero-order chi connectivity index (χ0) is 36.8. The number of carbonyl (C=O) groups is 3. The van der Waals surface area contributed by atoms with E-state index in [1.807, 2.05) is 6.07 Å². The van der Waals surface area contributed by atoms with E-state index in [1.54, 1.807) is 62.9 Å². The van der Waals surface area contributed by atoms with Crippen LogP contribution < -0.4 is 4.74 Å². The second kappa shape index (κ2) is 14.3. The lowest BCUT2D eigenvalue weighted by Crippen LogP contribution is -2.58. The number of nitrogens with zero attached hydrogens (tertiary/aromatic N) is 1. The average Bonchev–Trinajstić information content (AvgIpc) is 3.87. The van der Waals surface area contributed by atoms with E-state index in [2.05, 4.69) is 0 Å². The second-order valence-electron chi connectivity index (χ2n) is 14.8. The van der Waals surface area contributed by atoms with Gasteiger partial charge in [-0.25, -0.2) is 17.6 Å². The average molecular weight is 747 g/mol. The van der Waals surface area contributed by atoms with Gasteiger partial charge in [0.05, 0.1) is 34.1 Å². The van der Waals surface area contributed by atoms with Crippen molar-refractivity contribution in [2.24, 2.45) is 11.3 Å². The van der Waals surface area contributed by atoms with Crippen LogP contribution in [0.25, 0.3) is 0 Å². The first-order chi connectivity index (χ1) is 23.3. The van der Waals surface area contributed by atoms with Gasteiger partial charge in [0.2, 0.25) is 5.91 Å². The molecule has 1 aliphatic carbocycles. The number of rotatable bonds is 12. The van der Waals surface area contributed by atoms with Crippen LogP contribution in [0.3, 0.4) is 0 Å². The van der Waals surface area contributed by atoms with Crippen molar-refractivity contribution in [3.63, 3.8) is 0 Å². The molecule has 1 unspecified atom stereocenters. The number of ether oxygens (including phenoxy) is 1. The zero-order valence-electron chi connectivity index (χ0n) is 28.7. The molecule has 50 heavy (non-hydrogen) atoms. The van der Waals surface area contributed by atoms with Gasteiger partial charge in [-0.3, -0.25) is 9.59 Å². The normalized spacial score (nSPS) is 21.9. The molecule has 0 bridgehead atoms. The monoisotopic (exact) mass is 745 g/mol. The van der Waals surface area contributed by atoms with Crippen LogP contribution in [0.4, 0.5) is 4.39 Å². The van der Waals surface area contributed by atoms with E-state index in [0.717, 1.165) is 18.4 Å². The van der Waals surface area contributed by atoms with Gasteiger partial charge in [-0.05, 0) is 99.0 Å². The first-order valence-corrected chi connectivity index (χ1v) is 18.9. The number of benzene rings is 3. The van der Waals surface area contributed by atoms with Crippen molar-refractivity contribution in [3.05, 3.63) is 98.8 Å². The summed E-state index contributed by atoms with van der Waals surface area (Å²) in [5, 5.41) is 9.86. The molecule has 1 heterocycles. The molecule has 1 amide bonds. The van der Waals surface area contributed by atoms with Gasteiger partial charge in [-0.2, -0.15) is 0 Å². The molecule has 2 fully saturated rings. The molecule has 4 atom stereocenters. The lowest BCUT2D eigenvalue weighted by atomic mass is 9.66. The molecule has 0 spiro atoms. The van der Waals surface area contributed by atoms with Crippen molar-refractivity contribution in [2.45, 2.75) is 82.5 Å². The molecule has 2 aliphatic rings. The third-order valence-corrected chi connectivity index (χ3v) is 13.2. The van der Waals surface area contributed by atoms with Gasteiger partial charge in [0.1, 0.15) is 22.9 Å². The van der Waals surface area contributed by atoms with Crippen LogP contribution in [0.1, 0.15) is 92.4 Å². The van der Waals surface area contributed by atoms with E-state index < -0.39 is 49.8 Å². The number of carbonyl (C=O) groups excluding carboxylic acids is 2. The van der Waals surface area contributed by atoms with E-state index >= 15 is 9.18 Å². The number of hydrogen-bond donors (Lipinski definition) is 1. The van der Waals surface area contributed by atoms with Crippen LogP contribution in [-0.2, 0) is 25.8 Å². The lowest BCUT2D eigenvalue weighted by Gasteiger charge is -2.52. The van der Waals surface area contributed by atoms with Gasteiger partial charge >= 0.3 is 5.97 Å². The Hall–Kier alpha value is -3.47. The highest BCUT2D eigenvalue weighted by atomic mass is 35.5. The van der Waals surface area contributed by atoms with E-state index in [9.17, 15) is 23.1 Å². The fraction of sp³-hybridized carbons (Fsp3) is 0.447. The summed E-state index contributed by atoms with van der Waals surface area (Å²) in [6.07, 6.45) is 1.38. The van der Waals surface area contributed by atoms with Gasteiger partial charge in [0.15, 0.2) is 9.84 Å². The van der Waals surface area contributed by atoms with Crippen LogP contribution in [0.15, 0.2) is 60.7 Å². The predicted octanol–water partition coefficient (Wildman–Crippen LogP) is 8.10. The Kier molecular flexibility index (Phi) is 10.8. The van der Waals surface area contributed by atoms with E-state index in [-0.39, 0.29) is 59.0 Å². The topological polar surface area (TPSA) is 118 Å². The molecule has 3 aromatic rings. The molecule has 1 saturated heterocycles. The summed E-state index contributed by atoms with van der Waals surface area (Å²) < 4.78 is 46.9. The van der Waals surface area contributed by atoms with Gasteiger partial charge in [0, 0.05) is 29.8 Å². The number of carboxylic acid groups (broad SMARTS) is 1. The van der Waals surface area contributed by atoms with Crippen molar-refractivity contribution in [3.8, 4) is 5.75 Å². The predicted molar refractivity (Wildman–Crippen MR) is 191 cm³/mol. The highest BCUT2D eigenvalue weighted by Gasteiger charge is 2.55. The Morgan fingerprint density at radius 2 is 1.76 bits per heavy atom. The van der Waals surface area contributed by atoms with Gasteiger partial charge in [-0.1, -0.05) is 54.4 Å². The number of methoxy groups -OCH3 is 1. The maximum atomic E-state index is 15.2. The first-order valence-electron chi connectivity index (χ1n) is 16.5. The molecule has 1 aliphatic heterocycles. The van der Waals surface area contributed by atoms with Crippen LogP contribution in [-0.4, -0.2) is 59.7 Å². The molecule has 268 valence electrons. The molecule has 3 aromatic carbocycles. The number of piperidine rings is 1. The van der Waals surface area contributed by atoms with Crippen molar-refractivity contribution in [2.75, 3.05) is 12.9 Å². The van der Waals surface area contributed by atoms with Crippen LogP contribution >= 0.6 is 23.2 Å². The van der Waals surface area contributed by atoms with Crippen molar-refractivity contribution >= 4 is 50.7 Å². The maximum absolute atomic E-state index is 15.2. The summed E-state index contributed by atoms with van der Waals surface area (Å²) in [6.45, 7) is 6.62. The van der Waals surface area contributed by atoms with E-state index in [0.29, 0.717) is 16.1 Å². The summed E-state index contributed by atoms with van der Waals surface area (Å²) >= 11 is 12.6. The molecule has 1 saturated carbocycles. The summed E-state index contributed by atoms with van der Waals surface area (Å²) in [7, 11) is -2.39. The largest absolute Gasteiger partial charge is 0.496 e. The number of carboxylic acids is 1. The Balaban J connectivity index is 1.63. The molecule has 12 heteroatoms. The second-order valence-corrected chi connectivity index (χ2v) is 18.4. The highest BCUT2D eigenvalue weighted by molar-refractivity contribution is 7.92. The van der Waals surface area contributed by atoms with Crippen LogP contribution in [0.2, 0.25) is 10.0 Å². The third kappa shape index (κ3) is 7.87. The van der Waals surface area contributed by atoms with Crippen molar-refractivity contribution in [1.82, 2.24) is 4.90 Å². The van der Waals surface area contributed by atoms with E-state index in [1.165, 1.54) is 31.4 Å². The number of likely N-dealkylation sites (tertiary alicyclic amines) is 1.